The van der Waals surface area contributed by atoms with Crippen LogP contribution in [0.1, 0.15) is 39.0 Å². The van der Waals surface area contributed by atoms with E-state index >= 15 is 0 Å². The van der Waals surface area contributed by atoms with E-state index in [1.165, 1.54) is 0 Å². The van der Waals surface area contributed by atoms with Crippen molar-refractivity contribution < 1.29 is 14.6 Å². The van der Waals surface area contributed by atoms with Gasteiger partial charge in [0.15, 0.2) is 0 Å². The standard InChI is InChI=1S/C14H20O3/c1-2-7-12(15)8-6-11-14(16)17-13-9-4-3-5-10-13/h3-5,9-10,12,15H,2,6-8,11H2,1H3. The largest absolute Gasteiger partial charge is 0.427 e. The molecule has 0 aliphatic rings. The molecule has 1 unspecified atom stereocenters. The first-order valence-electron chi connectivity index (χ1n) is 6.16. The predicted molar refractivity (Wildman–Crippen MR) is 66.8 cm³/mol. The molecule has 0 bridgehead atoms. The number of esters is 1. The Morgan fingerprint density at radius 2 is 2.00 bits per heavy atom. The van der Waals surface area contributed by atoms with Crippen LogP contribution in [0.2, 0.25) is 0 Å². The van der Waals surface area contributed by atoms with E-state index in [0.717, 1.165) is 12.8 Å². The SMILES string of the molecule is CCCC(O)CCCC(=O)Oc1ccccc1. The van der Waals surface area contributed by atoms with Gasteiger partial charge in [-0.1, -0.05) is 31.5 Å². The van der Waals surface area contributed by atoms with E-state index in [-0.39, 0.29) is 12.1 Å². The molecular formula is C14H20O3. The molecule has 0 amide bonds. The topological polar surface area (TPSA) is 46.5 Å². The molecule has 0 aliphatic heterocycles. The molecule has 0 radical (unpaired) electrons. The van der Waals surface area contributed by atoms with Gasteiger partial charge in [0.1, 0.15) is 5.75 Å². The number of hydrogen-bond donors (Lipinski definition) is 1. The molecule has 0 fully saturated rings. The van der Waals surface area contributed by atoms with E-state index < -0.39 is 0 Å². The predicted octanol–water partition coefficient (Wildman–Crippen LogP) is 2.92. The van der Waals surface area contributed by atoms with Crippen molar-refractivity contribution in [3.63, 3.8) is 0 Å². The summed E-state index contributed by atoms with van der Waals surface area (Å²) in [5, 5.41) is 9.50. The van der Waals surface area contributed by atoms with Crippen LogP contribution in [0.4, 0.5) is 0 Å². The van der Waals surface area contributed by atoms with Crippen LogP contribution in [0, 0.1) is 0 Å². The molecule has 0 saturated heterocycles. The molecule has 3 nitrogen and oxygen atoms in total. The van der Waals surface area contributed by atoms with Crippen LogP contribution >= 0.6 is 0 Å². The molecule has 0 saturated carbocycles. The van der Waals surface area contributed by atoms with Gasteiger partial charge in [-0.05, 0) is 31.4 Å². The van der Waals surface area contributed by atoms with Gasteiger partial charge in [0, 0.05) is 6.42 Å². The fourth-order valence-corrected chi connectivity index (χ4v) is 1.63. The normalized spacial score (nSPS) is 12.1. The Labute approximate surface area is 102 Å². The highest BCUT2D eigenvalue weighted by Gasteiger charge is 2.07. The molecular weight excluding hydrogens is 216 g/mol. The molecule has 1 atom stereocenters. The second-order valence-corrected chi connectivity index (χ2v) is 4.12. The lowest BCUT2D eigenvalue weighted by atomic mass is 10.1. The molecule has 1 N–H and O–H groups in total. The highest BCUT2D eigenvalue weighted by molar-refractivity contribution is 5.72. The van der Waals surface area contributed by atoms with Gasteiger partial charge in [0.05, 0.1) is 6.10 Å². The van der Waals surface area contributed by atoms with E-state index in [1.807, 2.05) is 25.1 Å². The third-order valence-electron chi connectivity index (χ3n) is 2.52. The highest BCUT2D eigenvalue weighted by Crippen LogP contribution is 2.11. The average Bonchev–Trinajstić information content (AvgIpc) is 2.30. The molecule has 0 aromatic heterocycles. The Bertz CT molecular complexity index is 321. The molecule has 0 spiro atoms. The minimum absolute atomic E-state index is 0.236. The minimum atomic E-state index is -0.287. The molecule has 1 rings (SSSR count). The van der Waals surface area contributed by atoms with Crippen LogP contribution in [0.25, 0.3) is 0 Å². The fraction of sp³-hybridized carbons (Fsp3) is 0.500. The fourth-order valence-electron chi connectivity index (χ4n) is 1.63. The van der Waals surface area contributed by atoms with Crippen LogP contribution in [-0.2, 0) is 4.79 Å². The maximum Gasteiger partial charge on any atom is 0.311 e. The third kappa shape index (κ3) is 6.07. The van der Waals surface area contributed by atoms with E-state index in [1.54, 1.807) is 12.1 Å². The van der Waals surface area contributed by atoms with E-state index in [0.29, 0.717) is 25.0 Å². The van der Waals surface area contributed by atoms with Gasteiger partial charge in [0.2, 0.25) is 0 Å². The summed E-state index contributed by atoms with van der Waals surface area (Å²) in [4.78, 5) is 11.4. The van der Waals surface area contributed by atoms with Crippen molar-refractivity contribution in [2.24, 2.45) is 0 Å². The Hall–Kier alpha value is -1.35. The second-order valence-electron chi connectivity index (χ2n) is 4.12. The Balaban J connectivity index is 2.18. The van der Waals surface area contributed by atoms with E-state index in [4.69, 9.17) is 4.74 Å². The van der Waals surface area contributed by atoms with Gasteiger partial charge in [-0.15, -0.1) is 0 Å². The number of ether oxygens (including phenoxy) is 1. The maximum absolute atomic E-state index is 11.4. The van der Waals surface area contributed by atoms with E-state index in [2.05, 4.69) is 0 Å². The zero-order valence-electron chi connectivity index (χ0n) is 10.3. The van der Waals surface area contributed by atoms with Gasteiger partial charge in [-0.2, -0.15) is 0 Å². The lowest BCUT2D eigenvalue weighted by Gasteiger charge is -2.08. The van der Waals surface area contributed by atoms with Crippen LogP contribution in [0.3, 0.4) is 0 Å². The summed E-state index contributed by atoms with van der Waals surface area (Å²) >= 11 is 0. The van der Waals surface area contributed by atoms with Crippen molar-refractivity contribution in [3.05, 3.63) is 30.3 Å². The Morgan fingerprint density at radius 1 is 1.29 bits per heavy atom. The van der Waals surface area contributed by atoms with Crippen LogP contribution in [0.15, 0.2) is 30.3 Å². The summed E-state index contributed by atoms with van der Waals surface area (Å²) in [6.07, 6.45) is 3.17. The maximum atomic E-state index is 11.4. The molecule has 0 aliphatic carbocycles. The van der Waals surface area contributed by atoms with Gasteiger partial charge >= 0.3 is 5.97 Å². The molecule has 0 heterocycles. The summed E-state index contributed by atoms with van der Waals surface area (Å²) in [7, 11) is 0. The summed E-state index contributed by atoms with van der Waals surface area (Å²) < 4.78 is 5.14. The molecule has 17 heavy (non-hydrogen) atoms. The monoisotopic (exact) mass is 236 g/mol. The second kappa shape index (κ2) is 7.85. The quantitative estimate of drug-likeness (QED) is 0.585. The van der Waals surface area contributed by atoms with Crippen LogP contribution in [0.5, 0.6) is 5.75 Å². The molecule has 1 aromatic carbocycles. The lowest BCUT2D eigenvalue weighted by molar-refractivity contribution is -0.134. The lowest BCUT2D eigenvalue weighted by Crippen LogP contribution is -2.10. The Morgan fingerprint density at radius 3 is 2.65 bits per heavy atom. The number of rotatable bonds is 7. The van der Waals surface area contributed by atoms with Crippen molar-refractivity contribution in [2.75, 3.05) is 0 Å². The Kier molecular flexibility index (Phi) is 6.33. The molecule has 94 valence electrons. The van der Waals surface area contributed by atoms with Gasteiger partial charge in [-0.25, -0.2) is 0 Å². The van der Waals surface area contributed by atoms with Crippen molar-refractivity contribution in [1.29, 1.82) is 0 Å². The number of hydrogen-bond acceptors (Lipinski definition) is 3. The average molecular weight is 236 g/mol. The number of para-hydroxylation sites is 1. The number of carbonyl (C=O) groups excluding carboxylic acids is 1. The summed E-state index contributed by atoms with van der Waals surface area (Å²) in [5.74, 6) is 0.339. The first-order chi connectivity index (χ1) is 8.22. The molecule has 3 heteroatoms. The molecule has 1 aromatic rings. The smallest absolute Gasteiger partial charge is 0.311 e. The van der Waals surface area contributed by atoms with Gasteiger partial charge in [-0.3, -0.25) is 4.79 Å². The number of aliphatic hydroxyl groups is 1. The first-order valence-corrected chi connectivity index (χ1v) is 6.16. The van der Waals surface area contributed by atoms with Crippen molar-refractivity contribution in [3.8, 4) is 5.75 Å². The van der Waals surface area contributed by atoms with Crippen molar-refractivity contribution in [1.82, 2.24) is 0 Å². The minimum Gasteiger partial charge on any atom is -0.427 e. The summed E-state index contributed by atoms with van der Waals surface area (Å²) in [5.41, 5.74) is 0. The number of aliphatic hydroxyl groups excluding tert-OH is 1. The highest BCUT2D eigenvalue weighted by atomic mass is 16.5. The van der Waals surface area contributed by atoms with Crippen molar-refractivity contribution in [2.45, 2.75) is 45.1 Å². The van der Waals surface area contributed by atoms with Crippen LogP contribution in [-0.4, -0.2) is 17.2 Å². The number of benzene rings is 1. The van der Waals surface area contributed by atoms with Gasteiger partial charge < -0.3 is 9.84 Å². The van der Waals surface area contributed by atoms with E-state index in [9.17, 15) is 9.90 Å². The number of carbonyl (C=O) groups is 1. The third-order valence-corrected chi connectivity index (χ3v) is 2.52. The summed E-state index contributed by atoms with van der Waals surface area (Å²) in [6, 6.07) is 9.04. The van der Waals surface area contributed by atoms with Crippen molar-refractivity contribution >= 4 is 5.97 Å². The van der Waals surface area contributed by atoms with Crippen LogP contribution < -0.4 is 4.74 Å². The zero-order chi connectivity index (χ0) is 12.5. The zero-order valence-corrected chi connectivity index (χ0v) is 10.3. The summed E-state index contributed by atoms with van der Waals surface area (Å²) in [6.45, 7) is 2.03. The van der Waals surface area contributed by atoms with Gasteiger partial charge in [0.25, 0.3) is 0 Å². The first kappa shape index (κ1) is 13.7.